The van der Waals surface area contributed by atoms with Gasteiger partial charge in [0.2, 0.25) is 0 Å². The molecule has 1 nitrogen and oxygen atoms in total. The van der Waals surface area contributed by atoms with Gasteiger partial charge in [0.15, 0.2) is 0 Å². The van der Waals surface area contributed by atoms with Crippen LogP contribution in [-0.4, -0.2) is 19.6 Å². The van der Waals surface area contributed by atoms with Gasteiger partial charge in [-0.25, -0.2) is 0 Å². The molecule has 0 radical (unpaired) electrons. The molecule has 0 fully saturated rings. The van der Waals surface area contributed by atoms with Crippen molar-refractivity contribution in [3.8, 4) is 0 Å². The molecule has 0 aliphatic rings. The van der Waals surface area contributed by atoms with Crippen LogP contribution in [0.15, 0.2) is 35.3 Å². The summed E-state index contributed by atoms with van der Waals surface area (Å²) >= 11 is 0.538. The molecule has 0 bridgehead atoms. The normalized spacial score (nSPS) is 11.6. The van der Waals surface area contributed by atoms with Crippen molar-refractivity contribution >= 4 is 25.3 Å². The van der Waals surface area contributed by atoms with E-state index >= 15 is 0 Å². The fourth-order valence-electron chi connectivity index (χ4n) is 0.730. The number of nitrogens with zero attached hydrogens (tertiary/aromatic N) is 1. The molecule has 1 aromatic carbocycles. The summed E-state index contributed by atoms with van der Waals surface area (Å²) in [4.78, 5) is 4.42. The summed E-state index contributed by atoms with van der Waals surface area (Å²) in [6.07, 6.45) is 0. The van der Waals surface area contributed by atoms with Crippen LogP contribution in [0.4, 0.5) is 5.69 Å². The van der Waals surface area contributed by atoms with Crippen LogP contribution in [0.2, 0.25) is 5.82 Å². The first-order valence-corrected chi connectivity index (χ1v) is 6.04. The maximum absolute atomic E-state index is 4.42. The first kappa shape index (κ1) is 8.51. The molecule has 0 amide bonds. The molecule has 0 aliphatic carbocycles. The Morgan fingerprint density at radius 1 is 1.27 bits per heavy atom. The van der Waals surface area contributed by atoms with Gasteiger partial charge in [-0.1, -0.05) is 0 Å². The molecule has 0 N–H and O–H groups in total. The summed E-state index contributed by atoms with van der Waals surface area (Å²) < 4.78 is 1.24. The standard InChI is InChI=1S/C9H11NSe/c1-8(11-2)10-9-6-4-3-5-7-9/h3-7H,1-2H3. The number of hydrogen-bond acceptors (Lipinski definition) is 1. The summed E-state index contributed by atoms with van der Waals surface area (Å²) in [7, 11) is 0. The molecule has 0 atom stereocenters. The molecule has 11 heavy (non-hydrogen) atoms. The molecule has 2 heteroatoms. The Bertz CT molecular complexity index is 241. The molecule has 0 saturated heterocycles. The van der Waals surface area contributed by atoms with E-state index in [1.807, 2.05) is 30.3 Å². The van der Waals surface area contributed by atoms with Crippen molar-refractivity contribution in [1.82, 2.24) is 0 Å². The molecule has 0 unspecified atom stereocenters. The SMILES string of the molecule is C[Se]C(C)=Nc1ccccc1. The van der Waals surface area contributed by atoms with Gasteiger partial charge in [0.1, 0.15) is 0 Å². The zero-order valence-electron chi connectivity index (χ0n) is 6.74. The topological polar surface area (TPSA) is 12.4 Å². The van der Waals surface area contributed by atoms with Crippen LogP contribution in [0.25, 0.3) is 0 Å². The van der Waals surface area contributed by atoms with E-state index in [0.717, 1.165) is 5.69 Å². The van der Waals surface area contributed by atoms with Gasteiger partial charge in [0.25, 0.3) is 0 Å². The average molecular weight is 212 g/mol. The number of benzene rings is 1. The predicted molar refractivity (Wildman–Crippen MR) is 50.8 cm³/mol. The Hall–Kier alpha value is -0.591. The van der Waals surface area contributed by atoms with Crippen LogP contribution >= 0.6 is 0 Å². The molecule has 0 aromatic heterocycles. The number of hydrogen-bond donors (Lipinski definition) is 0. The minimum absolute atomic E-state index is 0.538. The van der Waals surface area contributed by atoms with Crippen LogP contribution in [-0.2, 0) is 0 Å². The van der Waals surface area contributed by atoms with Gasteiger partial charge < -0.3 is 0 Å². The molecule has 0 spiro atoms. The van der Waals surface area contributed by atoms with E-state index in [1.165, 1.54) is 4.61 Å². The quantitative estimate of drug-likeness (QED) is 0.527. The van der Waals surface area contributed by atoms with Gasteiger partial charge in [0, 0.05) is 0 Å². The monoisotopic (exact) mass is 213 g/mol. The third-order valence-electron chi connectivity index (χ3n) is 1.34. The fourth-order valence-corrected chi connectivity index (χ4v) is 1.14. The van der Waals surface area contributed by atoms with Gasteiger partial charge in [-0.15, -0.1) is 0 Å². The Morgan fingerprint density at radius 3 is 2.45 bits per heavy atom. The van der Waals surface area contributed by atoms with Gasteiger partial charge in [-0.05, 0) is 0 Å². The molecule has 0 heterocycles. The number of aliphatic imine (C=N–C) groups is 1. The molecule has 58 valence electrons. The summed E-state index contributed by atoms with van der Waals surface area (Å²) in [5.74, 6) is 2.18. The molecular formula is C9H11NSe. The summed E-state index contributed by atoms with van der Waals surface area (Å²) in [5.41, 5.74) is 1.06. The van der Waals surface area contributed by atoms with Gasteiger partial charge in [0.05, 0.1) is 0 Å². The first-order valence-electron chi connectivity index (χ1n) is 3.47. The van der Waals surface area contributed by atoms with E-state index in [0.29, 0.717) is 15.0 Å². The Kier molecular flexibility index (Phi) is 3.34. The zero-order valence-corrected chi connectivity index (χ0v) is 8.46. The van der Waals surface area contributed by atoms with Crippen molar-refractivity contribution in [1.29, 1.82) is 0 Å². The number of rotatable bonds is 2. The van der Waals surface area contributed by atoms with Crippen LogP contribution in [0, 0.1) is 0 Å². The van der Waals surface area contributed by atoms with Gasteiger partial charge in [-0.3, -0.25) is 0 Å². The van der Waals surface area contributed by atoms with E-state index in [4.69, 9.17) is 0 Å². The van der Waals surface area contributed by atoms with Crippen LogP contribution in [0.1, 0.15) is 6.92 Å². The fraction of sp³-hybridized carbons (Fsp3) is 0.222. The van der Waals surface area contributed by atoms with Crippen molar-refractivity contribution in [3.05, 3.63) is 30.3 Å². The van der Waals surface area contributed by atoms with E-state index in [2.05, 4.69) is 17.7 Å². The van der Waals surface area contributed by atoms with Gasteiger partial charge in [-0.2, -0.15) is 0 Å². The molecule has 1 aromatic rings. The van der Waals surface area contributed by atoms with E-state index < -0.39 is 0 Å². The summed E-state index contributed by atoms with van der Waals surface area (Å²) in [6.45, 7) is 2.08. The maximum atomic E-state index is 4.42. The number of para-hydroxylation sites is 1. The van der Waals surface area contributed by atoms with E-state index in [9.17, 15) is 0 Å². The Labute approximate surface area is 73.7 Å². The van der Waals surface area contributed by atoms with Crippen molar-refractivity contribution in [2.24, 2.45) is 4.99 Å². The Balaban J connectivity index is 2.79. The molecule has 1 rings (SSSR count). The molecular weight excluding hydrogens is 201 g/mol. The second-order valence-corrected chi connectivity index (χ2v) is 4.27. The summed E-state index contributed by atoms with van der Waals surface area (Å²) in [5, 5.41) is 0. The second kappa shape index (κ2) is 4.32. The van der Waals surface area contributed by atoms with Crippen LogP contribution < -0.4 is 0 Å². The third kappa shape index (κ3) is 2.87. The third-order valence-corrected chi connectivity index (χ3v) is 2.77. The van der Waals surface area contributed by atoms with Crippen molar-refractivity contribution in [3.63, 3.8) is 0 Å². The van der Waals surface area contributed by atoms with E-state index in [1.54, 1.807) is 0 Å². The second-order valence-electron chi connectivity index (χ2n) is 2.17. The molecule has 0 aliphatic heterocycles. The van der Waals surface area contributed by atoms with Gasteiger partial charge >= 0.3 is 73.3 Å². The van der Waals surface area contributed by atoms with E-state index in [-0.39, 0.29) is 0 Å². The minimum atomic E-state index is 0.538. The Morgan fingerprint density at radius 2 is 1.91 bits per heavy atom. The average Bonchev–Trinajstić information content (AvgIpc) is 2.06. The molecule has 0 saturated carbocycles. The predicted octanol–water partition coefficient (Wildman–Crippen LogP) is 2.49. The van der Waals surface area contributed by atoms with Crippen molar-refractivity contribution in [2.75, 3.05) is 0 Å². The first-order chi connectivity index (χ1) is 5.33. The zero-order chi connectivity index (χ0) is 8.10. The van der Waals surface area contributed by atoms with Crippen molar-refractivity contribution in [2.45, 2.75) is 12.7 Å². The van der Waals surface area contributed by atoms with Crippen LogP contribution in [0.5, 0.6) is 0 Å². The summed E-state index contributed by atoms with van der Waals surface area (Å²) in [6, 6.07) is 10.1. The van der Waals surface area contributed by atoms with Crippen molar-refractivity contribution < 1.29 is 0 Å². The van der Waals surface area contributed by atoms with Crippen LogP contribution in [0.3, 0.4) is 0 Å².